The number of hydrogen-bond acceptors (Lipinski definition) is 2. The molecule has 1 heterocycles. The van der Waals surface area contributed by atoms with Crippen LogP contribution in [0.3, 0.4) is 0 Å². The fourth-order valence-electron chi connectivity index (χ4n) is 2.09. The molecule has 0 spiro atoms. The second-order valence-electron chi connectivity index (χ2n) is 4.06. The minimum Gasteiger partial charge on any atom is -0.330 e. The zero-order valence-corrected chi connectivity index (χ0v) is 12.7. The second kappa shape index (κ2) is 4.79. The van der Waals surface area contributed by atoms with Crippen LogP contribution < -0.4 is 0 Å². The highest BCUT2D eigenvalue weighted by molar-refractivity contribution is 14.1. The topological polar surface area (TPSA) is 44.5 Å². The Hall–Kier alpha value is -1.65. The number of fused-ring (bicyclic) bond motifs is 1. The first-order valence-corrected chi connectivity index (χ1v) is 7.09. The number of nitrogens with one attached hydrogen (secondary N) is 1. The third-order valence-electron chi connectivity index (χ3n) is 2.91. The van der Waals surface area contributed by atoms with Gasteiger partial charge in [-0.25, -0.2) is 0 Å². The van der Waals surface area contributed by atoms with Gasteiger partial charge in [-0.2, -0.15) is 5.26 Å². The van der Waals surface area contributed by atoms with Crippen molar-refractivity contribution in [3.8, 4) is 11.8 Å². The summed E-state index contributed by atoms with van der Waals surface area (Å²) in [6.45, 7) is 0. The van der Waals surface area contributed by atoms with E-state index in [2.05, 4.69) is 33.6 Å². The van der Waals surface area contributed by atoms with Crippen LogP contribution in [0.5, 0.6) is 0 Å². The Morgan fingerprint density at radius 1 is 1.21 bits per heavy atom. The molecule has 0 aliphatic rings. The van der Waals surface area contributed by atoms with Crippen LogP contribution in [0.25, 0.3) is 16.7 Å². The van der Waals surface area contributed by atoms with E-state index in [4.69, 9.17) is 12.2 Å². The molecule has 0 amide bonds. The molecule has 0 unspecified atom stereocenters. The Morgan fingerprint density at radius 2 is 2.00 bits per heavy atom. The number of rotatable bonds is 1. The molecule has 0 radical (unpaired) electrons. The van der Waals surface area contributed by atoms with Crippen LogP contribution >= 0.6 is 34.8 Å². The highest BCUT2D eigenvalue weighted by Gasteiger charge is 2.10. The predicted molar refractivity (Wildman–Crippen MR) is 85.9 cm³/mol. The number of H-pyrrole nitrogens is 1. The average Bonchev–Trinajstić information content (AvgIpc) is 2.73. The standard InChI is InChI=1S/C14H8IN3S/c15-10-5-6-13-11(7-10)17-14(19)18(13)12-4-2-1-3-9(12)8-16/h1-7H,(H,17,19). The van der Waals surface area contributed by atoms with E-state index in [1.165, 1.54) is 0 Å². The molecule has 1 N–H and O–H groups in total. The van der Waals surface area contributed by atoms with Crippen molar-refractivity contribution in [3.63, 3.8) is 0 Å². The zero-order valence-electron chi connectivity index (χ0n) is 9.72. The summed E-state index contributed by atoms with van der Waals surface area (Å²) in [6.07, 6.45) is 0. The molecule has 0 saturated heterocycles. The average molecular weight is 377 g/mol. The summed E-state index contributed by atoms with van der Waals surface area (Å²) in [4.78, 5) is 3.18. The molecule has 2 aromatic carbocycles. The number of nitriles is 1. The fraction of sp³-hybridized carbons (Fsp3) is 0. The fourth-order valence-corrected chi connectivity index (χ4v) is 2.88. The maximum absolute atomic E-state index is 9.22. The van der Waals surface area contributed by atoms with Crippen LogP contribution in [0.15, 0.2) is 42.5 Å². The lowest BCUT2D eigenvalue weighted by atomic mass is 10.2. The third kappa shape index (κ3) is 2.07. The summed E-state index contributed by atoms with van der Waals surface area (Å²) < 4.78 is 3.64. The number of benzene rings is 2. The minimum atomic E-state index is 0.597. The van der Waals surface area contributed by atoms with Crippen LogP contribution in [0.1, 0.15) is 5.56 Å². The first kappa shape index (κ1) is 12.4. The first-order valence-electron chi connectivity index (χ1n) is 5.60. The molecule has 0 fully saturated rings. The Labute approximate surface area is 128 Å². The largest absolute Gasteiger partial charge is 0.330 e. The highest BCUT2D eigenvalue weighted by Crippen LogP contribution is 2.23. The van der Waals surface area contributed by atoms with E-state index in [1.54, 1.807) is 6.07 Å². The van der Waals surface area contributed by atoms with E-state index in [0.29, 0.717) is 10.3 Å². The number of halogens is 1. The van der Waals surface area contributed by atoms with Crippen LogP contribution in [-0.4, -0.2) is 9.55 Å². The smallest absolute Gasteiger partial charge is 0.182 e. The maximum atomic E-state index is 9.22. The Kier molecular flexibility index (Phi) is 3.12. The van der Waals surface area contributed by atoms with Crippen molar-refractivity contribution in [2.24, 2.45) is 0 Å². The van der Waals surface area contributed by atoms with Gasteiger partial charge in [0.25, 0.3) is 0 Å². The van der Waals surface area contributed by atoms with Crippen molar-refractivity contribution in [2.45, 2.75) is 0 Å². The summed E-state index contributed by atoms with van der Waals surface area (Å²) in [5.74, 6) is 0. The van der Waals surface area contributed by atoms with Gasteiger partial charge in [-0.3, -0.25) is 4.57 Å². The number of hydrogen-bond donors (Lipinski definition) is 1. The monoisotopic (exact) mass is 377 g/mol. The van der Waals surface area contributed by atoms with Crippen molar-refractivity contribution < 1.29 is 0 Å². The SMILES string of the molecule is N#Cc1ccccc1-n1c(=S)[nH]c2cc(I)ccc21. The van der Waals surface area contributed by atoms with Gasteiger partial charge in [0.1, 0.15) is 6.07 Å². The lowest BCUT2D eigenvalue weighted by molar-refractivity contribution is 1.06. The molecule has 0 bridgehead atoms. The molecule has 3 nitrogen and oxygen atoms in total. The lowest BCUT2D eigenvalue weighted by Gasteiger charge is -2.06. The van der Waals surface area contributed by atoms with E-state index >= 15 is 0 Å². The van der Waals surface area contributed by atoms with Crippen LogP contribution in [0, 0.1) is 19.7 Å². The molecule has 5 heteroatoms. The van der Waals surface area contributed by atoms with Gasteiger partial charge in [0.15, 0.2) is 4.77 Å². The first-order chi connectivity index (χ1) is 9.20. The summed E-state index contributed by atoms with van der Waals surface area (Å²) in [6, 6.07) is 15.7. The van der Waals surface area contributed by atoms with Crippen LogP contribution in [0.4, 0.5) is 0 Å². The Bertz CT molecular complexity index is 870. The third-order valence-corrected chi connectivity index (χ3v) is 3.87. The predicted octanol–water partition coefficient (Wildman–Crippen LogP) is 4.16. The summed E-state index contributed by atoms with van der Waals surface area (Å²) in [5, 5.41) is 9.22. The molecule has 19 heavy (non-hydrogen) atoms. The van der Waals surface area contributed by atoms with Gasteiger partial charge < -0.3 is 4.98 Å². The maximum Gasteiger partial charge on any atom is 0.182 e. The quantitative estimate of drug-likeness (QED) is 0.511. The summed E-state index contributed by atoms with van der Waals surface area (Å²) in [5.41, 5.74) is 3.37. The lowest BCUT2D eigenvalue weighted by Crippen LogP contribution is -1.97. The Balaban J connectivity index is 2.41. The van der Waals surface area contributed by atoms with E-state index in [1.807, 2.05) is 41.0 Å². The number of imidazole rings is 1. The van der Waals surface area contributed by atoms with Gasteiger partial charge in [0.2, 0.25) is 0 Å². The summed E-state index contributed by atoms with van der Waals surface area (Å²) >= 11 is 7.64. The van der Waals surface area contributed by atoms with Crippen molar-refractivity contribution in [1.82, 2.24) is 9.55 Å². The summed E-state index contributed by atoms with van der Waals surface area (Å²) in [7, 11) is 0. The van der Waals surface area contributed by atoms with E-state index in [9.17, 15) is 5.26 Å². The number of para-hydroxylation sites is 1. The van der Waals surface area contributed by atoms with Gasteiger partial charge in [-0.1, -0.05) is 12.1 Å². The van der Waals surface area contributed by atoms with Crippen LogP contribution in [0.2, 0.25) is 0 Å². The normalized spacial score (nSPS) is 10.5. The molecular formula is C14H8IN3S. The Morgan fingerprint density at radius 3 is 2.79 bits per heavy atom. The molecule has 0 aliphatic heterocycles. The van der Waals surface area contributed by atoms with E-state index < -0.39 is 0 Å². The van der Waals surface area contributed by atoms with Gasteiger partial charge in [0.05, 0.1) is 22.3 Å². The molecule has 3 rings (SSSR count). The van der Waals surface area contributed by atoms with Crippen LogP contribution in [-0.2, 0) is 0 Å². The van der Waals surface area contributed by atoms with Crippen molar-refractivity contribution >= 4 is 45.8 Å². The number of aromatic nitrogens is 2. The molecule has 0 saturated carbocycles. The highest BCUT2D eigenvalue weighted by atomic mass is 127. The minimum absolute atomic E-state index is 0.597. The molecule has 92 valence electrons. The van der Waals surface area contributed by atoms with Crippen molar-refractivity contribution in [2.75, 3.05) is 0 Å². The molecule has 3 aromatic rings. The van der Waals surface area contributed by atoms with Crippen molar-refractivity contribution in [3.05, 3.63) is 56.4 Å². The van der Waals surface area contributed by atoms with Gasteiger partial charge in [0, 0.05) is 3.57 Å². The van der Waals surface area contributed by atoms with E-state index in [0.717, 1.165) is 20.3 Å². The van der Waals surface area contributed by atoms with Gasteiger partial charge in [-0.05, 0) is 65.1 Å². The molecule has 0 atom stereocenters. The van der Waals surface area contributed by atoms with Gasteiger partial charge >= 0.3 is 0 Å². The van der Waals surface area contributed by atoms with Gasteiger partial charge in [-0.15, -0.1) is 0 Å². The molecule has 1 aromatic heterocycles. The zero-order chi connectivity index (χ0) is 13.4. The van der Waals surface area contributed by atoms with E-state index in [-0.39, 0.29) is 0 Å². The van der Waals surface area contributed by atoms with Crippen molar-refractivity contribution in [1.29, 1.82) is 5.26 Å². The molecular weight excluding hydrogens is 369 g/mol. The number of nitrogens with zero attached hydrogens (tertiary/aromatic N) is 2. The number of aromatic amines is 1. The second-order valence-corrected chi connectivity index (χ2v) is 5.69. The molecule has 0 aliphatic carbocycles.